The maximum atomic E-state index is 12.6. The molecule has 0 radical (unpaired) electrons. The normalized spacial score (nSPS) is 49.5. The first-order valence-electron chi connectivity index (χ1n) is 15.8. The minimum atomic E-state index is -1.20. The van der Waals surface area contributed by atoms with Gasteiger partial charge >= 0.3 is 12.0 Å². The summed E-state index contributed by atoms with van der Waals surface area (Å²) in [5.74, 6) is -0.442. The zero-order chi connectivity index (χ0) is 30.8. The molecule has 0 aromatic heterocycles. The van der Waals surface area contributed by atoms with Crippen molar-refractivity contribution in [3.8, 4) is 0 Å². The molecule has 4 saturated carbocycles. The zero-order valence-electron chi connectivity index (χ0n) is 25.4. The lowest BCUT2D eigenvalue weighted by Crippen LogP contribution is -2.69. The average Bonchev–Trinajstić information content (AvgIpc) is 3.50. The lowest BCUT2D eigenvalue weighted by Gasteiger charge is -2.66. The number of nitrogens with zero attached hydrogens (tertiary/aromatic N) is 1. The standard InChI is InChI=1S/C31H47N3O9/c1-17-26(36)23(40-3)13-25(42-17)43-19-4-9-29(16-33-34-27(32)37)21-5-8-28(2)20(18-12-24(35)41-15-18)7-11-31(28,39)22(21)6-10-30(29,38)14-19/h12,16-17,19-23,25-26,36,38-39H,4-11,13-15H2,1-3H3,(H3,32,34,37). The quantitative estimate of drug-likeness (QED) is 0.131. The number of nitrogens with two attached hydrogens (primary N) is 1. The van der Waals surface area contributed by atoms with Crippen LogP contribution in [0, 0.1) is 28.6 Å². The Hall–Kier alpha value is -2.09. The molecule has 43 heavy (non-hydrogen) atoms. The van der Waals surface area contributed by atoms with Gasteiger partial charge in [-0.1, -0.05) is 6.92 Å². The summed E-state index contributed by atoms with van der Waals surface area (Å²) in [6.07, 6.45) is 6.66. The van der Waals surface area contributed by atoms with Crippen LogP contribution in [0.4, 0.5) is 4.79 Å². The Balaban J connectivity index is 1.27. The number of nitrogens with one attached hydrogen (secondary N) is 1. The molecule has 12 nitrogen and oxygen atoms in total. The Kier molecular flexibility index (Phi) is 7.95. The number of urea groups is 1. The van der Waals surface area contributed by atoms with Crippen LogP contribution in [0.25, 0.3) is 0 Å². The van der Waals surface area contributed by atoms with Crippen LogP contribution in [-0.2, 0) is 23.7 Å². The van der Waals surface area contributed by atoms with Crippen molar-refractivity contribution in [1.82, 2.24) is 5.43 Å². The molecule has 6 N–H and O–H groups in total. The van der Waals surface area contributed by atoms with Gasteiger partial charge in [0.1, 0.15) is 12.7 Å². The average molecular weight is 606 g/mol. The lowest BCUT2D eigenvalue weighted by atomic mass is 9.41. The molecular formula is C31H47N3O9. The molecule has 6 aliphatic rings. The maximum Gasteiger partial charge on any atom is 0.332 e. The van der Waals surface area contributed by atoms with E-state index in [0.717, 1.165) is 24.8 Å². The summed E-state index contributed by atoms with van der Waals surface area (Å²) in [5, 5.41) is 39.7. The first kappa shape index (κ1) is 30.9. The number of hydrogen-bond acceptors (Lipinski definition) is 10. The number of rotatable bonds is 6. The molecule has 0 spiro atoms. The maximum absolute atomic E-state index is 12.6. The molecule has 0 aromatic rings. The third kappa shape index (κ3) is 4.84. The van der Waals surface area contributed by atoms with Gasteiger partial charge in [-0.3, -0.25) is 0 Å². The second-order valence-electron chi connectivity index (χ2n) is 14.1. The fraction of sp³-hybridized carbons (Fsp3) is 0.839. The highest BCUT2D eigenvalue weighted by molar-refractivity contribution is 5.85. The number of primary amides is 1. The number of hydrogen-bond donors (Lipinski definition) is 5. The lowest BCUT2D eigenvalue weighted by molar-refractivity contribution is -0.284. The second-order valence-corrected chi connectivity index (χ2v) is 14.1. The molecule has 12 unspecified atom stereocenters. The van der Waals surface area contributed by atoms with Crippen LogP contribution in [0.15, 0.2) is 16.8 Å². The van der Waals surface area contributed by atoms with Gasteiger partial charge < -0.3 is 40.0 Å². The second kappa shape index (κ2) is 11.1. The number of cyclic esters (lactones) is 1. The Labute approximate surface area is 252 Å². The van der Waals surface area contributed by atoms with Crippen molar-refractivity contribution in [1.29, 1.82) is 0 Å². The van der Waals surface area contributed by atoms with Gasteiger partial charge in [-0.05, 0) is 81.6 Å². The summed E-state index contributed by atoms with van der Waals surface area (Å²) in [7, 11) is 1.56. The van der Waals surface area contributed by atoms with Gasteiger partial charge in [0.25, 0.3) is 0 Å². The van der Waals surface area contributed by atoms with Gasteiger partial charge in [-0.25, -0.2) is 15.0 Å². The fourth-order valence-electron chi connectivity index (χ4n) is 10.2. The van der Waals surface area contributed by atoms with Crippen molar-refractivity contribution in [3.05, 3.63) is 11.6 Å². The number of ether oxygens (including phenoxy) is 4. The van der Waals surface area contributed by atoms with E-state index in [0.29, 0.717) is 44.9 Å². The third-order valence-electron chi connectivity index (χ3n) is 12.4. The molecule has 2 amide bonds. The number of fused-ring (bicyclic) bond motifs is 5. The monoisotopic (exact) mass is 605 g/mol. The van der Waals surface area contributed by atoms with E-state index in [-0.39, 0.29) is 36.4 Å². The van der Waals surface area contributed by atoms with Crippen molar-refractivity contribution < 1.29 is 43.9 Å². The van der Waals surface area contributed by atoms with Crippen LogP contribution >= 0.6 is 0 Å². The van der Waals surface area contributed by atoms with Gasteiger partial charge in [0.15, 0.2) is 6.29 Å². The number of aliphatic hydroxyl groups excluding tert-OH is 1. The predicted octanol–water partition coefficient (Wildman–Crippen LogP) is 1.89. The minimum absolute atomic E-state index is 0.0586. The highest BCUT2D eigenvalue weighted by Gasteiger charge is 2.71. The molecule has 1 saturated heterocycles. The Morgan fingerprint density at radius 3 is 2.63 bits per heavy atom. The molecule has 240 valence electrons. The number of esters is 1. The highest BCUT2D eigenvalue weighted by atomic mass is 16.7. The predicted molar refractivity (Wildman–Crippen MR) is 153 cm³/mol. The van der Waals surface area contributed by atoms with E-state index in [9.17, 15) is 24.9 Å². The Morgan fingerprint density at radius 2 is 1.93 bits per heavy atom. The number of aliphatic hydroxyl groups is 3. The number of methoxy groups -OCH3 is 1. The van der Waals surface area contributed by atoms with Crippen molar-refractivity contribution in [2.45, 2.75) is 120 Å². The molecule has 4 aliphatic carbocycles. The smallest absolute Gasteiger partial charge is 0.332 e. The molecule has 5 fully saturated rings. The first-order chi connectivity index (χ1) is 20.4. The van der Waals surface area contributed by atoms with Gasteiger partial charge in [0, 0.05) is 43.1 Å². The van der Waals surface area contributed by atoms with Crippen molar-refractivity contribution in [2.24, 2.45) is 39.4 Å². The van der Waals surface area contributed by atoms with E-state index in [1.54, 1.807) is 26.3 Å². The summed E-state index contributed by atoms with van der Waals surface area (Å²) in [4.78, 5) is 23.5. The molecule has 12 heteroatoms. The van der Waals surface area contributed by atoms with Crippen LogP contribution in [-0.4, -0.2) is 89.2 Å². The fourth-order valence-corrected chi connectivity index (χ4v) is 10.2. The van der Waals surface area contributed by atoms with E-state index in [1.807, 2.05) is 0 Å². The van der Waals surface area contributed by atoms with Crippen LogP contribution in [0.1, 0.15) is 78.1 Å². The minimum Gasteiger partial charge on any atom is -0.458 e. The number of carbonyl (C=O) groups excluding carboxylic acids is 2. The van der Waals surface area contributed by atoms with Crippen LogP contribution in [0.5, 0.6) is 0 Å². The largest absolute Gasteiger partial charge is 0.458 e. The Bertz CT molecular complexity index is 1180. The number of hydrazone groups is 1. The van der Waals surface area contributed by atoms with Gasteiger partial charge in [-0.2, -0.15) is 5.10 Å². The van der Waals surface area contributed by atoms with Crippen LogP contribution in [0.2, 0.25) is 0 Å². The summed E-state index contributed by atoms with van der Waals surface area (Å²) < 4.78 is 23.1. The van der Waals surface area contributed by atoms with Crippen LogP contribution < -0.4 is 11.2 Å². The highest BCUT2D eigenvalue weighted by Crippen LogP contribution is 2.70. The molecule has 6 rings (SSSR count). The molecule has 0 bridgehead atoms. The molecule has 2 aliphatic heterocycles. The Morgan fingerprint density at radius 1 is 1.16 bits per heavy atom. The summed E-state index contributed by atoms with van der Waals surface area (Å²) >= 11 is 0. The van der Waals surface area contributed by atoms with E-state index in [2.05, 4.69) is 17.5 Å². The van der Waals surface area contributed by atoms with Crippen molar-refractivity contribution in [3.63, 3.8) is 0 Å². The van der Waals surface area contributed by atoms with E-state index >= 15 is 0 Å². The summed E-state index contributed by atoms with van der Waals surface area (Å²) in [6.45, 7) is 4.23. The number of carbonyl (C=O) groups is 2. The van der Waals surface area contributed by atoms with Crippen molar-refractivity contribution in [2.75, 3.05) is 13.7 Å². The van der Waals surface area contributed by atoms with Gasteiger partial charge in [0.2, 0.25) is 0 Å². The number of amides is 2. The van der Waals surface area contributed by atoms with E-state index < -0.39 is 52.7 Å². The van der Waals surface area contributed by atoms with E-state index in [4.69, 9.17) is 24.7 Å². The topological polar surface area (TPSA) is 182 Å². The summed E-state index contributed by atoms with van der Waals surface area (Å²) in [6, 6.07) is -0.783. The first-order valence-corrected chi connectivity index (χ1v) is 15.8. The van der Waals surface area contributed by atoms with E-state index in [1.165, 1.54) is 0 Å². The van der Waals surface area contributed by atoms with Gasteiger partial charge in [-0.15, -0.1) is 0 Å². The van der Waals surface area contributed by atoms with Crippen molar-refractivity contribution >= 4 is 18.2 Å². The molecule has 12 atom stereocenters. The van der Waals surface area contributed by atoms with Crippen LogP contribution in [0.3, 0.4) is 0 Å². The molecule has 2 heterocycles. The molecular weight excluding hydrogens is 558 g/mol. The summed E-state index contributed by atoms with van der Waals surface area (Å²) in [5.41, 5.74) is 5.22. The third-order valence-corrected chi connectivity index (χ3v) is 12.4. The molecule has 0 aromatic carbocycles. The zero-order valence-corrected chi connectivity index (χ0v) is 25.4. The SMILES string of the molecule is COC1CC(OC2CCC3(C=NNC(N)=O)C4CCC5(C)C(C6=CC(=O)OC6)CCC5(O)C4CCC3(O)C2)OC(C)C1O. The van der Waals surface area contributed by atoms with Gasteiger partial charge in [0.05, 0.1) is 29.5 Å².